The van der Waals surface area contributed by atoms with Crippen molar-refractivity contribution in [3.63, 3.8) is 0 Å². The summed E-state index contributed by atoms with van der Waals surface area (Å²) in [4.78, 5) is 30.2. The Balaban J connectivity index is 1.45. The number of ether oxygens (including phenoxy) is 2. The molecule has 1 aromatic heterocycles. The molecule has 2 amide bonds. The molecule has 168 valence electrons. The minimum absolute atomic E-state index is 0.0161. The summed E-state index contributed by atoms with van der Waals surface area (Å²) in [5, 5.41) is 0.983. The Morgan fingerprint density at radius 3 is 2.52 bits per heavy atom. The van der Waals surface area contributed by atoms with Gasteiger partial charge in [-0.05, 0) is 51.7 Å². The van der Waals surface area contributed by atoms with Crippen LogP contribution in [0.1, 0.15) is 45.3 Å². The van der Waals surface area contributed by atoms with Gasteiger partial charge in [-0.1, -0.05) is 18.2 Å². The van der Waals surface area contributed by atoms with Gasteiger partial charge >= 0.3 is 0 Å². The Bertz CT molecular complexity index is 871. The van der Waals surface area contributed by atoms with E-state index in [1.54, 1.807) is 4.90 Å². The number of amides is 2. The topological polar surface area (TPSA) is 72.2 Å². The highest BCUT2D eigenvalue weighted by molar-refractivity contribution is 5.90. The van der Waals surface area contributed by atoms with Crippen molar-refractivity contribution in [2.24, 2.45) is 0 Å². The minimum Gasteiger partial charge on any atom is -0.461 e. The number of nitrogens with zero attached hydrogens (tertiary/aromatic N) is 2. The summed E-state index contributed by atoms with van der Waals surface area (Å²) in [5.74, 6) is 0.593. The van der Waals surface area contributed by atoms with Crippen molar-refractivity contribution >= 4 is 22.8 Å². The van der Waals surface area contributed by atoms with E-state index in [4.69, 9.17) is 13.9 Å². The molecule has 7 heteroatoms. The van der Waals surface area contributed by atoms with Crippen molar-refractivity contribution in [2.45, 2.75) is 64.3 Å². The molecule has 0 N–H and O–H groups in total. The first kappa shape index (κ1) is 21.8. The van der Waals surface area contributed by atoms with Crippen LogP contribution in [0.25, 0.3) is 11.0 Å². The molecule has 1 unspecified atom stereocenters. The lowest BCUT2D eigenvalue weighted by atomic mass is 10.1. The monoisotopic (exact) mass is 428 g/mol. The molecule has 2 atom stereocenters. The van der Waals surface area contributed by atoms with Crippen LogP contribution in [-0.4, -0.2) is 66.3 Å². The minimum atomic E-state index is -0.415. The van der Waals surface area contributed by atoms with Crippen molar-refractivity contribution in [3.05, 3.63) is 36.1 Å². The maximum absolute atomic E-state index is 13.5. The Morgan fingerprint density at radius 2 is 1.77 bits per heavy atom. The lowest BCUT2D eigenvalue weighted by Crippen LogP contribution is -2.52. The molecule has 2 aliphatic heterocycles. The second-order valence-electron chi connectivity index (χ2n) is 8.19. The molecule has 2 fully saturated rings. The van der Waals surface area contributed by atoms with Gasteiger partial charge in [0, 0.05) is 31.7 Å². The summed E-state index contributed by atoms with van der Waals surface area (Å²) in [7, 11) is 0. The number of hydrogen-bond acceptors (Lipinski definition) is 5. The third-order valence-electron chi connectivity index (χ3n) is 6.22. The highest BCUT2D eigenvalue weighted by Gasteiger charge is 2.42. The predicted octanol–water partition coefficient (Wildman–Crippen LogP) is 3.36. The number of benzene rings is 1. The molecule has 4 rings (SSSR count). The number of carbonyl (C=O) groups excluding carboxylic acids is 2. The first-order valence-electron chi connectivity index (χ1n) is 11.4. The van der Waals surface area contributed by atoms with Gasteiger partial charge in [-0.15, -0.1) is 0 Å². The molecule has 31 heavy (non-hydrogen) atoms. The number of fused-ring (bicyclic) bond motifs is 1. The van der Waals surface area contributed by atoms with E-state index >= 15 is 0 Å². The highest BCUT2D eigenvalue weighted by atomic mass is 16.7. The standard InChI is InChI=1S/C24H32N2O5/c1-3-29-24(30-4-2)20-11-8-14-26(20)23(28)19-10-7-13-25(19)22(27)16-18-15-17-9-5-6-12-21(17)31-18/h5-6,9,12,15,19-20,24H,3-4,7-8,10-11,13-14,16H2,1-2H3/t19-,20?/m0/s1. The van der Waals surface area contributed by atoms with E-state index in [-0.39, 0.29) is 24.3 Å². The quantitative estimate of drug-likeness (QED) is 0.603. The van der Waals surface area contributed by atoms with Crippen molar-refractivity contribution in [3.8, 4) is 0 Å². The van der Waals surface area contributed by atoms with Crippen LogP contribution >= 0.6 is 0 Å². The molecular formula is C24H32N2O5. The zero-order valence-corrected chi connectivity index (χ0v) is 18.4. The summed E-state index contributed by atoms with van der Waals surface area (Å²) in [6, 6.07) is 9.12. The zero-order valence-electron chi connectivity index (χ0n) is 18.4. The number of hydrogen-bond donors (Lipinski definition) is 0. The zero-order chi connectivity index (χ0) is 21.8. The van der Waals surface area contributed by atoms with Crippen molar-refractivity contribution < 1.29 is 23.5 Å². The number of likely N-dealkylation sites (tertiary alicyclic amines) is 2. The third-order valence-corrected chi connectivity index (χ3v) is 6.22. The first-order valence-corrected chi connectivity index (χ1v) is 11.4. The average molecular weight is 429 g/mol. The molecule has 7 nitrogen and oxygen atoms in total. The van der Waals surface area contributed by atoms with E-state index in [0.717, 1.165) is 30.2 Å². The molecule has 1 aromatic carbocycles. The van der Waals surface area contributed by atoms with E-state index in [1.807, 2.05) is 49.1 Å². The van der Waals surface area contributed by atoms with E-state index in [1.165, 1.54) is 0 Å². The molecule has 2 saturated heterocycles. The van der Waals surface area contributed by atoms with E-state index in [0.29, 0.717) is 38.5 Å². The van der Waals surface area contributed by atoms with E-state index in [9.17, 15) is 9.59 Å². The number of para-hydroxylation sites is 1. The SMILES string of the molecule is CCOC(OCC)C1CCCN1C(=O)[C@@H]1CCCN1C(=O)Cc1cc2ccccc2o1. The molecule has 0 aliphatic carbocycles. The Hall–Kier alpha value is -2.38. The van der Waals surface area contributed by atoms with Crippen LogP contribution in [0.2, 0.25) is 0 Å². The van der Waals surface area contributed by atoms with Gasteiger partial charge in [-0.3, -0.25) is 9.59 Å². The lowest BCUT2D eigenvalue weighted by Gasteiger charge is -2.34. The molecule has 0 radical (unpaired) electrons. The first-order chi connectivity index (χ1) is 15.1. The summed E-state index contributed by atoms with van der Waals surface area (Å²) < 4.78 is 17.4. The van der Waals surface area contributed by atoms with Gasteiger partial charge in [0.1, 0.15) is 17.4 Å². The Labute approximate surface area is 183 Å². The van der Waals surface area contributed by atoms with Gasteiger partial charge in [0.05, 0.1) is 12.5 Å². The van der Waals surface area contributed by atoms with E-state index < -0.39 is 12.3 Å². The number of rotatable bonds is 8. The van der Waals surface area contributed by atoms with E-state index in [2.05, 4.69) is 0 Å². The van der Waals surface area contributed by atoms with Crippen molar-refractivity contribution in [2.75, 3.05) is 26.3 Å². The van der Waals surface area contributed by atoms with Crippen LogP contribution in [-0.2, 0) is 25.5 Å². The van der Waals surface area contributed by atoms with Gasteiger partial charge in [-0.2, -0.15) is 0 Å². The predicted molar refractivity (Wildman–Crippen MR) is 116 cm³/mol. The third kappa shape index (κ3) is 4.62. The Morgan fingerprint density at radius 1 is 1.06 bits per heavy atom. The van der Waals surface area contributed by atoms with Crippen LogP contribution in [0.3, 0.4) is 0 Å². The number of carbonyl (C=O) groups is 2. The van der Waals surface area contributed by atoms with Gasteiger partial charge in [0.15, 0.2) is 6.29 Å². The molecule has 3 heterocycles. The maximum atomic E-state index is 13.5. The molecule has 0 bridgehead atoms. The molecule has 0 spiro atoms. The second-order valence-corrected chi connectivity index (χ2v) is 8.19. The number of furan rings is 1. The van der Waals surface area contributed by atoms with Crippen LogP contribution in [0.5, 0.6) is 0 Å². The van der Waals surface area contributed by atoms with Gasteiger partial charge in [-0.25, -0.2) is 0 Å². The molecule has 0 saturated carbocycles. The van der Waals surface area contributed by atoms with Crippen molar-refractivity contribution in [1.29, 1.82) is 0 Å². The van der Waals surface area contributed by atoms with Gasteiger partial charge in [0.2, 0.25) is 11.8 Å². The highest BCUT2D eigenvalue weighted by Crippen LogP contribution is 2.28. The van der Waals surface area contributed by atoms with Crippen LogP contribution < -0.4 is 0 Å². The maximum Gasteiger partial charge on any atom is 0.245 e. The lowest BCUT2D eigenvalue weighted by molar-refractivity contribution is -0.177. The fraction of sp³-hybridized carbons (Fsp3) is 0.583. The normalized spacial score (nSPS) is 21.5. The van der Waals surface area contributed by atoms with Crippen LogP contribution in [0.15, 0.2) is 34.7 Å². The average Bonchev–Trinajstić information content (AvgIpc) is 3.51. The fourth-order valence-electron chi connectivity index (χ4n) is 4.84. The van der Waals surface area contributed by atoms with Gasteiger partial charge in [0.25, 0.3) is 0 Å². The molecular weight excluding hydrogens is 396 g/mol. The van der Waals surface area contributed by atoms with Crippen molar-refractivity contribution in [1.82, 2.24) is 9.80 Å². The van der Waals surface area contributed by atoms with Crippen LogP contribution in [0, 0.1) is 0 Å². The summed E-state index contributed by atoms with van der Waals surface area (Å²) in [6.45, 7) is 6.23. The molecule has 2 aromatic rings. The fourth-order valence-corrected chi connectivity index (χ4v) is 4.84. The summed E-state index contributed by atoms with van der Waals surface area (Å²) >= 11 is 0. The van der Waals surface area contributed by atoms with Gasteiger partial charge < -0.3 is 23.7 Å². The Kier molecular flexibility index (Phi) is 6.92. The second kappa shape index (κ2) is 9.83. The summed E-state index contributed by atoms with van der Waals surface area (Å²) in [5.41, 5.74) is 0.775. The smallest absolute Gasteiger partial charge is 0.245 e. The summed E-state index contributed by atoms with van der Waals surface area (Å²) in [6.07, 6.45) is 3.07. The largest absolute Gasteiger partial charge is 0.461 e. The molecule has 2 aliphatic rings. The van der Waals surface area contributed by atoms with Crippen LogP contribution in [0.4, 0.5) is 0 Å².